The number of nitrogens with one attached hydrogen (secondary N) is 1. The second-order valence-electron chi connectivity index (χ2n) is 6.21. The van der Waals surface area contributed by atoms with Crippen molar-refractivity contribution in [3.05, 3.63) is 71.7 Å². The number of nitrogens with zero attached hydrogens (tertiary/aromatic N) is 2. The number of hydrogen-bond acceptors (Lipinski definition) is 3. The van der Waals surface area contributed by atoms with E-state index >= 15 is 0 Å². The fourth-order valence-corrected chi connectivity index (χ4v) is 2.97. The maximum Gasteiger partial charge on any atom is 0.257 e. The van der Waals surface area contributed by atoms with Crippen LogP contribution in [0.15, 0.2) is 54.7 Å². The average molecular weight is 367 g/mol. The molecule has 0 atom stereocenters. The molecule has 6 heteroatoms. The smallest absolute Gasteiger partial charge is 0.257 e. The lowest BCUT2D eigenvalue weighted by molar-refractivity contribution is 0.0742. The summed E-state index contributed by atoms with van der Waals surface area (Å²) in [7, 11) is 1.59. The van der Waals surface area contributed by atoms with Crippen molar-refractivity contribution in [2.24, 2.45) is 0 Å². The van der Waals surface area contributed by atoms with Gasteiger partial charge in [-0.15, -0.1) is 0 Å². The first-order valence-electron chi connectivity index (χ1n) is 8.84. The number of ether oxygens (including phenoxy) is 1. The van der Waals surface area contributed by atoms with Gasteiger partial charge in [-0.25, -0.2) is 4.39 Å². The van der Waals surface area contributed by atoms with Crippen LogP contribution in [0, 0.1) is 5.82 Å². The predicted octanol–water partition coefficient (Wildman–Crippen LogP) is 4.28. The van der Waals surface area contributed by atoms with E-state index in [2.05, 4.69) is 10.2 Å². The topological polar surface area (TPSA) is 58.2 Å². The van der Waals surface area contributed by atoms with Crippen LogP contribution in [0.25, 0.3) is 11.3 Å². The number of aromatic amines is 1. The number of carbonyl (C=O) groups excluding carboxylic acids is 1. The van der Waals surface area contributed by atoms with Crippen LogP contribution >= 0.6 is 0 Å². The minimum absolute atomic E-state index is 0.188. The second-order valence-corrected chi connectivity index (χ2v) is 6.21. The first-order chi connectivity index (χ1) is 13.1. The number of carbonyl (C=O) groups is 1. The van der Waals surface area contributed by atoms with E-state index in [-0.39, 0.29) is 18.3 Å². The monoisotopic (exact) mass is 367 g/mol. The van der Waals surface area contributed by atoms with Crippen LogP contribution in [-0.2, 0) is 6.54 Å². The number of amides is 1. The van der Waals surface area contributed by atoms with Crippen LogP contribution in [0.1, 0.15) is 29.3 Å². The maximum absolute atomic E-state index is 14.1. The Morgan fingerprint density at radius 3 is 2.78 bits per heavy atom. The van der Waals surface area contributed by atoms with Crippen LogP contribution in [0.4, 0.5) is 4.39 Å². The van der Waals surface area contributed by atoms with E-state index in [0.717, 1.165) is 12.0 Å². The zero-order valence-electron chi connectivity index (χ0n) is 15.4. The molecule has 3 rings (SSSR count). The third-order valence-corrected chi connectivity index (χ3v) is 4.33. The molecule has 1 N–H and O–H groups in total. The highest BCUT2D eigenvalue weighted by Gasteiger charge is 2.22. The van der Waals surface area contributed by atoms with E-state index < -0.39 is 0 Å². The van der Waals surface area contributed by atoms with Crippen molar-refractivity contribution in [2.75, 3.05) is 13.7 Å². The maximum atomic E-state index is 14.1. The van der Waals surface area contributed by atoms with E-state index in [4.69, 9.17) is 4.74 Å². The molecular weight excluding hydrogens is 345 g/mol. The summed E-state index contributed by atoms with van der Waals surface area (Å²) in [5, 5.41) is 6.95. The van der Waals surface area contributed by atoms with Crippen molar-refractivity contribution in [3.63, 3.8) is 0 Å². The molecule has 3 aromatic rings. The molecule has 1 amide bonds. The molecule has 2 aromatic carbocycles. The Morgan fingerprint density at radius 2 is 2.04 bits per heavy atom. The average Bonchev–Trinajstić information content (AvgIpc) is 3.18. The van der Waals surface area contributed by atoms with Gasteiger partial charge in [-0.3, -0.25) is 9.89 Å². The first-order valence-corrected chi connectivity index (χ1v) is 8.84. The first kappa shape index (κ1) is 18.6. The van der Waals surface area contributed by atoms with Gasteiger partial charge in [-0.1, -0.05) is 37.3 Å². The van der Waals surface area contributed by atoms with Crippen molar-refractivity contribution in [1.82, 2.24) is 15.1 Å². The Morgan fingerprint density at radius 1 is 1.22 bits per heavy atom. The van der Waals surface area contributed by atoms with Gasteiger partial charge in [-0.05, 0) is 24.6 Å². The van der Waals surface area contributed by atoms with Crippen molar-refractivity contribution in [2.45, 2.75) is 19.9 Å². The van der Waals surface area contributed by atoms with Gasteiger partial charge in [-0.2, -0.15) is 5.10 Å². The number of halogens is 1. The third kappa shape index (κ3) is 4.16. The summed E-state index contributed by atoms with van der Waals surface area (Å²) in [5.41, 5.74) is 2.37. The van der Waals surface area contributed by atoms with Crippen molar-refractivity contribution in [1.29, 1.82) is 0 Å². The molecule has 0 fully saturated rings. The van der Waals surface area contributed by atoms with Gasteiger partial charge >= 0.3 is 0 Å². The normalized spacial score (nSPS) is 10.6. The van der Waals surface area contributed by atoms with Crippen molar-refractivity contribution >= 4 is 5.91 Å². The van der Waals surface area contributed by atoms with Crippen LogP contribution in [0.5, 0.6) is 5.75 Å². The second kappa shape index (κ2) is 8.49. The zero-order chi connectivity index (χ0) is 19.2. The lowest BCUT2D eigenvalue weighted by Gasteiger charge is -2.22. The standard InChI is InChI=1S/C21H22FN3O2/c1-3-11-25(14-16-7-4-5-10-19(16)22)21(26)18-13-23-24-20(18)15-8-6-9-17(12-15)27-2/h4-10,12-13H,3,11,14H2,1-2H3,(H,23,24). The highest BCUT2D eigenvalue weighted by molar-refractivity contribution is 5.99. The van der Waals surface area contributed by atoms with E-state index in [1.165, 1.54) is 12.3 Å². The molecule has 27 heavy (non-hydrogen) atoms. The molecule has 140 valence electrons. The SMILES string of the molecule is CCCN(Cc1ccccc1F)C(=O)c1cn[nH]c1-c1cccc(OC)c1. The highest BCUT2D eigenvalue weighted by Crippen LogP contribution is 2.26. The number of rotatable bonds is 7. The van der Waals surface area contributed by atoms with Gasteiger partial charge in [0, 0.05) is 24.2 Å². The molecule has 0 unspecified atom stereocenters. The molecule has 0 radical (unpaired) electrons. The minimum atomic E-state index is -0.313. The summed E-state index contributed by atoms with van der Waals surface area (Å²) in [6.45, 7) is 2.72. The number of H-pyrrole nitrogens is 1. The predicted molar refractivity (Wildman–Crippen MR) is 102 cm³/mol. The quantitative estimate of drug-likeness (QED) is 0.678. The molecule has 0 spiro atoms. The molecule has 0 aliphatic rings. The molecular formula is C21H22FN3O2. The van der Waals surface area contributed by atoms with Crippen LogP contribution < -0.4 is 4.74 Å². The molecule has 0 aliphatic carbocycles. The van der Waals surface area contributed by atoms with Crippen LogP contribution in [0.2, 0.25) is 0 Å². The molecule has 0 aliphatic heterocycles. The lowest BCUT2D eigenvalue weighted by Crippen LogP contribution is -2.31. The summed E-state index contributed by atoms with van der Waals surface area (Å²) < 4.78 is 19.3. The van der Waals surface area contributed by atoms with Gasteiger partial charge in [0.1, 0.15) is 11.6 Å². The minimum Gasteiger partial charge on any atom is -0.497 e. The number of methoxy groups -OCH3 is 1. The number of aromatic nitrogens is 2. The number of hydrogen-bond donors (Lipinski definition) is 1. The molecule has 0 bridgehead atoms. The summed E-state index contributed by atoms with van der Waals surface area (Å²) in [6.07, 6.45) is 2.29. The van der Waals surface area contributed by atoms with Crippen molar-refractivity contribution in [3.8, 4) is 17.0 Å². The fourth-order valence-electron chi connectivity index (χ4n) is 2.97. The van der Waals surface area contributed by atoms with Gasteiger partial charge in [0.15, 0.2) is 0 Å². The van der Waals surface area contributed by atoms with Gasteiger partial charge in [0.2, 0.25) is 0 Å². The summed E-state index contributed by atoms with van der Waals surface area (Å²) in [4.78, 5) is 14.8. The largest absolute Gasteiger partial charge is 0.497 e. The van der Waals surface area contributed by atoms with E-state index in [0.29, 0.717) is 29.1 Å². The fraction of sp³-hybridized carbons (Fsp3) is 0.238. The Hall–Kier alpha value is -3.15. The third-order valence-electron chi connectivity index (χ3n) is 4.33. The van der Waals surface area contributed by atoms with E-state index in [1.807, 2.05) is 31.2 Å². The summed E-state index contributed by atoms with van der Waals surface area (Å²) >= 11 is 0. The van der Waals surface area contributed by atoms with Crippen molar-refractivity contribution < 1.29 is 13.9 Å². The molecule has 1 heterocycles. The summed E-state index contributed by atoms with van der Waals surface area (Å²) in [5.74, 6) is 0.190. The van der Waals surface area contributed by atoms with Gasteiger partial charge < -0.3 is 9.64 Å². The van der Waals surface area contributed by atoms with E-state index in [1.54, 1.807) is 30.2 Å². The molecule has 1 aromatic heterocycles. The molecule has 0 saturated carbocycles. The molecule has 5 nitrogen and oxygen atoms in total. The number of benzene rings is 2. The lowest BCUT2D eigenvalue weighted by atomic mass is 10.1. The Labute approximate surface area is 157 Å². The van der Waals surface area contributed by atoms with E-state index in [9.17, 15) is 9.18 Å². The molecule has 0 saturated heterocycles. The Bertz CT molecular complexity index is 923. The zero-order valence-corrected chi connectivity index (χ0v) is 15.4. The van der Waals surface area contributed by atoms with Gasteiger partial charge in [0.05, 0.1) is 24.6 Å². The van der Waals surface area contributed by atoms with Gasteiger partial charge in [0.25, 0.3) is 5.91 Å². The van der Waals surface area contributed by atoms with Crippen LogP contribution in [-0.4, -0.2) is 34.7 Å². The Balaban J connectivity index is 1.91. The van der Waals surface area contributed by atoms with Crippen LogP contribution in [0.3, 0.4) is 0 Å². The summed E-state index contributed by atoms with van der Waals surface area (Å²) in [6, 6.07) is 13.9. The Kier molecular flexibility index (Phi) is 5.86. The highest BCUT2D eigenvalue weighted by atomic mass is 19.1.